The van der Waals surface area contributed by atoms with Crippen LogP contribution in [0.15, 0.2) is 78.9 Å². The van der Waals surface area contributed by atoms with Crippen molar-refractivity contribution in [3.63, 3.8) is 0 Å². The number of aliphatic hydroxyl groups excluding tert-OH is 2. The van der Waals surface area contributed by atoms with Crippen LogP contribution in [0.2, 0.25) is 0 Å². The van der Waals surface area contributed by atoms with Crippen LogP contribution in [0.1, 0.15) is 32.3 Å². The van der Waals surface area contributed by atoms with E-state index in [1.807, 2.05) is 37.3 Å². The molecule has 1 aromatic rings. The lowest BCUT2D eigenvalue weighted by Crippen LogP contribution is -2.37. The minimum Gasteiger partial charge on any atom is -0.392 e. The van der Waals surface area contributed by atoms with E-state index in [1.165, 1.54) is 0 Å². The Balaban J connectivity index is 0.000000324. The molecule has 0 aliphatic carbocycles. The highest BCUT2D eigenvalue weighted by atomic mass is 16.3. The first kappa shape index (κ1) is 20.7. The van der Waals surface area contributed by atoms with Crippen LogP contribution in [-0.2, 0) is 6.61 Å². The summed E-state index contributed by atoms with van der Waals surface area (Å²) in [5.74, 6) is 0.850. The average Bonchev–Trinajstić information content (AvgIpc) is 2.63. The third kappa shape index (κ3) is 6.99. The summed E-state index contributed by atoms with van der Waals surface area (Å²) < 4.78 is 0. The van der Waals surface area contributed by atoms with Gasteiger partial charge in [0.1, 0.15) is 5.82 Å². The van der Waals surface area contributed by atoms with Crippen molar-refractivity contribution < 1.29 is 10.2 Å². The maximum Gasteiger partial charge on any atom is 0.103 e. The molecule has 0 spiro atoms. The number of hydrogen-bond donors (Lipinski definition) is 3. The molecule has 1 aliphatic heterocycles. The third-order valence-corrected chi connectivity index (χ3v) is 4.06. The standard InChI is InChI=1S/C14H22N2O.C7H8O/c1-10(9-17)6-7-12(3)16-8-11(2)13(4)15-14(16)5;8-6-7-4-2-1-3-5-7/h8,12,15,17H,1,4-7,9H2,2-3H3;1-5,8H,6H2. The first-order chi connectivity index (χ1) is 11.9. The van der Waals surface area contributed by atoms with Crippen molar-refractivity contribution in [3.8, 4) is 0 Å². The number of aliphatic hydroxyl groups is 2. The Labute approximate surface area is 151 Å². The quantitative estimate of drug-likeness (QED) is 0.690. The number of hydrogen-bond acceptors (Lipinski definition) is 4. The minimum absolute atomic E-state index is 0.0671. The van der Waals surface area contributed by atoms with Gasteiger partial charge in [-0.3, -0.25) is 0 Å². The van der Waals surface area contributed by atoms with Crippen LogP contribution in [0.4, 0.5) is 0 Å². The molecule has 0 saturated heterocycles. The van der Waals surface area contributed by atoms with Crippen LogP contribution in [0.5, 0.6) is 0 Å². The molecule has 0 saturated carbocycles. The molecule has 1 unspecified atom stereocenters. The minimum atomic E-state index is 0.0671. The van der Waals surface area contributed by atoms with Gasteiger partial charge in [-0.1, -0.05) is 55.6 Å². The van der Waals surface area contributed by atoms with Crippen LogP contribution >= 0.6 is 0 Å². The van der Waals surface area contributed by atoms with Crippen molar-refractivity contribution >= 4 is 0 Å². The largest absolute Gasteiger partial charge is 0.392 e. The van der Waals surface area contributed by atoms with Gasteiger partial charge in [0.25, 0.3) is 0 Å². The van der Waals surface area contributed by atoms with Gasteiger partial charge >= 0.3 is 0 Å². The fourth-order valence-corrected chi connectivity index (χ4v) is 2.31. The van der Waals surface area contributed by atoms with E-state index >= 15 is 0 Å². The maximum atomic E-state index is 8.92. The Hall–Kier alpha value is -2.30. The normalized spacial score (nSPS) is 14.9. The van der Waals surface area contributed by atoms with Gasteiger partial charge in [0.05, 0.1) is 13.2 Å². The van der Waals surface area contributed by atoms with Crippen LogP contribution in [0, 0.1) is 0 Å². The maximum absolute atomic E-state index is 8.92. The highest BCUT2D eigenvalue weighted by Gasteiger charge is 2.18. The molecule has 25 heavy (non-hydrogen) atoms. The van der Waals surface area contributed by atoms with Gasteiger partial charge in [-0.2, -0.15) is 0 Å². The van der Waals surface area contributed by atoms with Gasteiger partial charge in [-0.15, -0.1) is 0 Å². The Morgan fingerprint density at radius 1 is 1.20 bits per heavy atom. The van der Waals surface area contributed by atoms with Crippen LogP contribution in [0.25, 0.3) is 0 Å². The molecular formula is C21H30N2O2. The van der Waals surface area contributed by atoms with Crippen LogP contribution < -0.4 is 5.32 Å². The Bertz CT molecular complexity index is 620. The summed E-state index contributed by atoms with van der Waals surface area (Å²) in [7, 11) is 0. The predicted octanol–water partition coefficient (Wildman–Crippen LogP) is 3.68. The van der Waals surface area contributed by atoms with Gasteiger partial charge < -0.3 is 20.4 Å². The summed E-state index contributed by atoms with van der Waals surface area (Å²) in [6, 6.07) is 9.84. The molecule has 0 amide bonds. The molecule has 1 aromatic carbocycles. The zero-order valence-corrected chi connectivity index (χ0v) is 15.3. The third-order valence-electron chi connectivity index (χ3n) is 4.06. The van der Waals surface area contributed by atoms with Crippen molar-refractivity contribution in [1.29, 1.82) is 0 Å². The van der Waals surface area contributed by atoms with E-state index in [1.54, 1.807) is 0 Å². The van der Waals surface area contributed by atoms with Crippen molar-refractivity contribution in [2.75, 3.05) is 6.61 Å². The van der Waals surface area contributed by atoms with E-state index in [0.717, 1.165) is 41.1 Å². The molecule has 1 atom stereocenters. The first-order valence-corrected chi connectivity index (χ1v) is 8.43. The topological polar surface area (TPSA) is 55.7 Å². The molecular weight excluding hydrogens is 312 g/mol. The fourth-order valence-electron chi connectivity index (χ4n) is 2.31. The molecule has 0 radical (unpaired) electrons. The number of nitrogens with one attached hydrogen (secondary N) is 1. The monoisotopic (exact) mass is 342 g/mol. The van der Waals surface area contributed by atoms with Gasteiger partial charge in [0.2, 0.25) is 0 Å². The summed E-state index contributed by atoms with van der Waals surface area (Å²) in [6.07, 6.45) is 3.83. The van der Waals surface area contributed by atoms with E-state index in [0.29, 0.717) is 6.04 Å². The molecule has 4 heteroatoms. The zero-order chi connectivity index (χ0) is 18.8. The van der Waals surface area contributed by atoms with Crippen molar-refractivity contribution in [2.24, 2.45) is 0 Å². The second-order valence-corrected chi connectivity index (χ2v) is 6.21. The Morgan fingerprint density at radius 2 is 1.84 bits per heavy atom. The Morgan fingerprint density at radius 3 is 2.36 bits per heavy atom. The highest BCUT2D eigenvalue weighted by molar-refractivity contribution is 5.32. The molecule has 1 heterocycles. The lowest BCUT2D eigenvalue weighted by molar-refractivity contribution is 0.282. The average molecular weight is 342 g/mol. The molecule has 3 N–H and O–H groups in total. The van der Waals surface area contributed by atoms with Crippen molar-refractivity contribution in [2.45, 2.75) is 39.3 Å². The van der Waals surface area contributed by atoms with E-state index in [9.17, 15) is 0 Å². The fraction of sp³-hybridized carbons (Fsp3) is 0.333. The van der Waals surface area contributed by atoms with Crippen LogP contribution in [-0.4, -0.2) is 27.8 Å². The van der Waals surface area contributed by atoms with Gasteiger partial charge in [-0.05, 0) is 37.8 Å². The van der Waals surface area contributed by atoms with E-state index in [-0.39, 0.29) is 13.2 Å². The summed E-state index contributed by atoms with van der Waals surface area (Å²) in [5, 5.41) is 20.6. The van der Waals surface area contributed by atoms with Crippen LogP contribution in [0.3, 0.4) is 0 Å². The molecule has 136 valence electrons. The Kier molecular flexibility index (Phi) is 8.75. The van der Waals surface area contributed by atoms with Gasteiger partial charge in [0.15, 0.2) is 0 Å². The number of benzene rings is 1. The van der Waals surface area contributed by atoms with E-state index < -0.39 is 0 Å². The molecule has 4 nitrogen and oxygen atoms in total. The summed E-state index contributed by atoms with van der Waals surface area (Å²) in [6.45, 7) is 16.1. The second-order valence-electron chi connectivity index (χ2n) is 6.21. The number of rotatable bonds is 6. The number of allylic oxidation sites excluding steroid dienone is 1. The van der Waals surface area contributed by atoms with Gasteiger partial charge in [-0.25, -0.2) is 0 Å². The predicted molar refractivity (Wildman–Crippen MR) is 104 cm³/mol. The van der Waals surface area contributed by atoms with Crippen molar-refractivity contribution in [3.05, 3.63) is 84.5 Å². The smallest absolute Gasteiger partial charge is 0.103 e. The molecule has 0 fully saturated rings. The van der Waals surface area contributed by atoms with Gasteiger partial charge in [0, 0.05) is 17.9 Å². The van der Waals surface area contributed by atoms with Crippen molar-refractivity contribution in [1.82, 2.24) is 10.2 Å². The first-order valence-electron chi connectivity index (χ1n) is 8.43. The summed E-state index contributed by atoms with van der Waals surface area (Å²) in [5.41, 5.74) is 3.86. The molecule has 2 rings (SSSR count). The second kappa shape index (κ2) is 10.5. The lowest BCUT2D eigenvalue weighted by atomic mass is 10.1. The summed E-state index contributed by atoms with van der Waals surface area (Å²) >= 11 is 0. The van der Waals surface area contributed by atoms with E-state index in [2.05, 4.69) is 43.1 Å². The highest BCUT2D eigenvalue weighted by Crippen LogP contribution is 2.22. The summed E-state index contributed by atoms with van der Waals surface area (Å²) in [4.78, 5) is 2.11. The number of nitrogens with zero attached hydrogens (tertiary/aromatic N) is 1. The zero-order valence-electron chi connectivity index (χ0n) is 15.3. The lowest BCUT2D eigenvalue weighted by Gasteiger charge is -2.35. The molecule has 1 aliphatic rings. The SMILES string of the molecule is C=C(CO)CCC(C)N1C=C(C)C(=C)NC1=C.OCc1ccccc1. The van der Waals surface area contributed by atoms with E-state index in [4.69, 9.17) is 10.2 Å². The molecule has 0 aromatic heterocycles. The molecule has 0 bridgehead atoms.